The summed E-state index contributed by atoms with van der Waals surface area (Å²) in [4.78, 5) is 3.82. The summed E-state index contributed by atoms with van der Waals surface area (Å²) < 4.78 is 44.2. The Morgan fingerprint density at radius 2 is 1.87 bits per heavy atom. The summed E-state index contributed by atoms with van der Waals surface area (Å²) in [5, 5.41) is 0.309. The van der Waals surface area contributed by atoms with Crippen LogP contribution >= 0.6 is 12.2 Å². The molecular formula is C16H18F3N3S. The predicted molar refractivity (Wildman–Crippen MR) is 88.4 cm³/mol. The molecule has 1 fully saturated rings. The van der Waals surface area contributed by atoms with Crippen molar-refractivity contribution in [1.82, 2.24) is 9.47 Å². The van der Waals surface area contributed by atoms with E-state index in [2.05, 4.69) is 4.90 Å². The van der Waals surface area contributed by atoms with E-state index in [-0.39, 0.29) is 17.7 Å². The van der Waals surface area contributed by atoms with Crippen LogP contribution in [0.2, 0.25) is 0 Å². The monoisotopic (exact) mass is 341 g/mol. The molecule has 2 heterocycles. The van der Waals surface area contributed by atoms with Gasteiger partial charge in [-0.15, -0.1) is 0 Å². The molecule has 1 aromatic heterocycles. The number of piperazine rings is 1. The molecule has 2 aromatic rings. The van der Waals surface area contributed by atoms with E-state index in [1.807, 2.05) is 7.05 Å². The third-order valence-electron chi connectivity index (χ3n) is 4.27. The van der Waals surface area contributed by atoms with Crippen LogP contribution in [0.4, 0.5) is 18.9 Å². The Morgan fingerprint density at radius 1 is 1.17 bits per heavy atom. The van der Waals surface area contributed by atoms with E-state index in [0.29, 0.717) is 23.0 Å². The Morgan fingerprint density at radius 3 is 2.52 bits per heavy atom. The standard InChI is InChI=1S/C16H18F3N3S/c1-20-6-8-22(9-7-20)16-12(18)10-11-13(23)2-4-21(5-3-17)15(11)14(16)19/h2,4,10H,3,5-9H2,1H3. The van der Waals surface area contributed by atoms with Crippen LogP contribution in [0.1, 0.15) is 0 Å². The summed E-state index contributed by atoms with van der Waals surface area (Å²) in [6.45, 7) is 1.96. The van der Waals surface area contributed by atoms with Crippen LogP contribution in [0.15, 0.2) is 18.3 Å². The number of hydrogen-bond acceptors (Lipinski definition) is 3. The molecule has 0 spiro atoms. The number of likely N-dealkylation sites (N-methyl/N-ethyl adjacent to an activating group) is 1. The lowest BCUT2D eigenvalue weighted by atomic mass is 10.1. The van der Waals surface area contributed by atoms with Crippen LogP contribution in [0.3, 0.4) is 0 Å². The molecule has 0 unspecified atom stereocenters. The lowest BCUT2D eigenvalue weighted by molar-refractivity contribution is 0.310. The molecule has 0 N–H and O–H groups in total. The van der Waals surface area contributed by atoms with Gasteiger partial charge in [0.15, 0.2) is 5.82 Å². The van der Waals surface area contributed by atoms with Crippen LogP contribution in [0.25, 0.3) is 10.9 Å². The van der Waals surface area contributed by atoms with Crippen molar-refractivity contribution in [2.24, 2.45) is 0 Å². The Hall–Kier alpha value is -1.60. The molecule has 0 saturated carbocycles. The fraction of sp³-hybridized carbons (Fsp3) is 0.438. The average Bonchev–Trinajstić information content (AvgIpc) is 2.52. The van der Waals surface area contributed by atoms with Crippen molar-refractivity contribution in [3.63, 3.8) is 0 Å². The second kappa shape index (κ2) is 6.49. The van der Waals surface area contributed by atoms with Gasteiger partial charge in [-0.3, -0.25) is 0 Å². The number of pyridine rings is 1. The number of nitrogens with zero attached hydrogens (tertiary/aromatic N) is 3. The zero-order valence-electron chi connectivity index (χ0n) is 12.9. The van der Waals surface area contributed by atoms with Crippen molar-refractivity contribution in [1.29, 1.82) is 0 Å². The zero-order chi connectivity index (χ0) is 16.6. The number of benzene rings is 1. The lowest BCUT2D eigenvalue weighted by Crippen LogP contribution is -2.45. The minimum Gasteiger partial charge on any atom is -0.364 e. The summed E-state index contributed by atoms with van der Waals surface area (Å²) in [6.07, 6.45) is 1.55. The molecule has 0 radical (unpaired) electrons. The number of aromatic nitrogens is 1. The smallest absolute Gasteiger partial charge is 0.173 e. The number of fused-ring (bicyclic) bond motifs is 1. The van der Waals surface area contributed by atoms with Gasteiger partial charge in [0.05, 0.1) is 12.1 Å². The molecular weight excluding hydrogens is 323 g/mol. The van der Waals surface area contributed by atoms with E-state index >= 15 is 4.39 Å². The van der Waals surface area contributed by atoms with Crippen molar-refractivity contribution < 1.29 is 13.2 Å². The van der Waals surface area contributed by atoms with Gasteiger partial charge in [0, 0.05) is 42.3 Å². The molecule has 1 saturated heterocycles. The SMILES string of the molecule is CN1CCN(c2c(F)cc3c(=S)ccn(CCF)c3c2F)CC1. The molecule has 1 aliphatic rings. The first-order chi connectivity index (χ1) is 11.0. The molecule has 0 atom stereocenters. The van der Waals surface area contributed by atoms with Crippen LogP contribution in [0.5, 0.6) is 0 Å². The Kier molecular flexibility index (Phi) is 4.59. The fourth-order valence-electron chi connectivity index (χ4n) is 2.99. The summed E-state index contributed by atoms with van der Waals surface area (Å²) in [7, 11) is 1.98. The Labute approximate surface area is 137 Å². The average molecular weight is 341 g/mol. The molecule has 1 aliphatic heterocycles. The third kappa shape index (κ3) is 2.95. The highest BCUT2D eigenvalue weighted by molar-refractivity contribution is 7.71. The number of aryl methyl sites for hydroxylation is 1. The lowest BCUT2D eigenvalue weighted by Gasteiger charge is -2.34. The maximum Gasteiger partial charge on any atom is 0.173 e. The van der Waals surface area contributed by atoms with Gasteiger partial charge in [0.2, 0.25) is 0 Å². The predicted octanol–water partition coefficient (Wildman–Crippen LogP) is 3.37. The first-order valence-electron chi connectivity index (χ1n) is 7.53. The highest BCUT2D eigenvalue weighted by Gasteiger charge is 2.24. The van der Waals surface area contributed by atoms with Crippen molar-refractivity contribution in [2.75, 3.05) is 44.8 Å². The number of halogens is 3. The first-order valence-corrected chi connectivity index (χ1v) is 7.94. The molecule has 7 heteroatoms. The van der Waals surface area contributed by atoms with Gasteiger partial charge in [-0.05, 0) is 19.2 Å². The molecule has 124 valence electrons. The summed E-state index contributed by atoms with van der Waals surface area (Å²) >= 11 is 5.17. The van der Waals surface area contributed by atoms with Crippen molar-refractivity contribution in [2.45, 2.75) is 6.54 Å². The minimum absolute atomic E-state index is 0.0108. The quantitative estimate of drug-likeness (QED) is 0.794. The molecule has 0 aliphatic carbocycles. The number of hydrogen-bond donors (Lipinski definition) is 0. The second-order valence-electron chi connectivity index (χ2n) is 5.77. The molecule has 0 amide bonds. The Bertz CT molecular complexity index is 782. The van der Waals surface area contributed by atoms with Crippen LogP contribution < -0.4 is 4.90 Å². The van der Waals surface area contributed by atoms with Crippen LogP contribution in [-0.4, -0.2) is 49.4 Å². The van der Waals surface area contributed by atoms with Gasteiger partial charge in [-0.25, -0.2) is 13.2 Å². The van der Waals surface area contributed by atoms with Crippen molar-refractivity contribution in [3.05, 3.63) is 34.5 Å². The highest BCUT2D eigenvalue weighted by atomic mass is 32.1. The largest absolute Gasteiger partial charge is 0.364 e. The van der Waals surface area contributed by atoms with Crippen molar-refractivity contribution in [3.8, 4) is 0 Å². The highest BCUT2D eigenvalue weighted by Crippen LogP contribution is 2.32. The molecule has 23 heavy (non-hydrogen) atoms. The normalized spacial score (nSPS) is 16.3. The van der Waals surface area contributed by atoms with E-state index in [9.17, 15) is 8.78 Å². The molecule has 3 nitrogen and oxygen atoms in total. The van der Waals surface area contributed by atoms with Crippen LogP contribution in [-0.2, 0) is 6.54 Å². The van der Waals surface area contributed by atoms with Gasteiger partial charge in [0.25, 0.3) is 0 Å². The Balaban J connectivity index is 2.19. The van der Waals surface area contributed by atoms with Crippen molar-refractivity contribution >= 4 is 28.8 Å². The first kappa shape index (κ1) is 16.3. The maximum atomic E-state index is 15.1. The van der Waals surface area contributed by atoms with Crippen LogP contribution in [0, 0.1) is 16.1 Å². The number of alkyl halides is 1. The maximum absolute atomic E-state index is 15.1. The van der Waals surface area contributed by atoms with Gasteiger partial charge < -0.3 is 14.4 Å². The molecule has 0 bridgehead atoms. The van der Waals surface area contributed by atoms with E-state index in [1.165, 1.54) is 10.6 Å². The summed E-state index contributed by atoms with van der Waals surface area (Å²) in [5.74, 6) is -1.28. The van der Waals surface area contributed by atoms with E-state index in [1.54, 1.807) is 17.2 Å². The zero-order valence-corrected chi connectivity index (χ0v) is 13.7. The molecule has 3 rings (SSSR count). The number of anilines is 1. The van der Waals surface area contributed by atoms with Gasteiger partial charge >= 0.3 is 0 Å². The molecule has 1 aromatic carbocycles. The van der Waals surface area contributed by atoms with Gasteiger partial charge in [0.1, 0.15) is 18.2 Å². The summed E-state index contributed by atoms with van der Waals surface area (Å²) in [6, 6.07) is 2.84. The fourth-order valence-corrected chi connectivity index (χ4v) is 3.20. The third-order valence-corrected chi connectivity index (χ3v) is 4.63. The van der Waals surface area contributed by atoms with E-state index < -0.39 is 18.3 Å². The van der Waals surface area contributed by atoms with E-state index in [4.69, 9.17) is 12.2 Å². The van der Waals surface area contributed by atoms with E-state index in [0.717, 1.165) is 13.1 Å². The topological polar surface area (TPSA) is 11.4 Å². The minimum atomic E-state index is -0.662. The van der Waals surface area contributed by atoms with Gasteiger partial charge in [-0.2, -0.15) is 0 Å². The second-order valence-corrected chi connectivity index (χ2v) is 6.21. The van der Waals surface area contributed by atoms with Gasteiger partial charge in [-0.1, -0.05) is 12.2 Å². The number of rotatable bonds is 3. The summed E-state index contributed by atoms with van der Waals surface area (Å²) in [5.41, 5.74) is 0.129.